The Morgan fingerprint density at radius 1 is 1.08 bits per heavy atom. The van der Waals surface area contributed by atoms with Crippen LogP contribution in [0.1, 0.15) is 23.5 Å². The average Bonchev–Trinajstić information content (AvgIpc) is 3.11. The number of aromatic nitrogens is 2. The molecule has 0 bridgehead atoms. The number of carbonyl (C=O) groups is 1. The number of amides is 1. The number of methoxy groups -OCH3 is 2. The number of ether oxygens (including phenoxy) is 2. The zero-order chi connectivity index (χ0) is 18.1. The Balaban J connectivity index is 1.82. The lowest BCUT2D eigenvalue weighted by Gasteiger charge is -2.25. The van der Waals surface area contributed by atoms with Crippen LogP contribution in [0.15, 0.2) is 54.7 Å². The fourth-order valence-electron chi connectivity index (χ4n) is 3.37. The fourth-order valence-corrected chi connectivity index (χ4v) is 3.37. The van der Waals surface area contributed by atoms with Gasteiger partial charge in [0.05, 0.1) is 26.1 Å². The third-order valence-corrected chi connectivity index (χ3v) is 4.64. The Bertz CT molecular complexity index is 950. The molecule has 0 saturated carbocycles. The molecule has 1 aromatic heterocycles. The van der Waals surface area contributed by atoms with Crippen molar-refractivity contribution in [2.45, 2.75) is 12.3 Å². The number of rotatable bonds is 4. The van der Waals surface area contributed by atoms with Gasteiger partial charge in [-0.15, -0.1) is 0 Å². The van der Waals surface area contributed by atoms with Crippen molar-refractivity contribution >= 4 is 11.7 Å². The molecule has 1 amide bonds. The molecule has 6 nitrogen and oxygen atoms in total. The van der Waals surface area contributed by atoms with Gasteiger partial charge in [0.15, 0.2) is 0 Å². The van der Waals surface area contributed by atoms with Crippen LogP contribution in [0.25, 0.3) is 5.69 Å². The lowest BCUT2D eigenvalue weighted by molar-refractivity contribution is -0.116. The maximum Gasteiger partial charge on any atom is 0.226 e. The van der Waals surface area contributed by atoms with Crippen LogP contribution in [0.2, 0.25) is 0 Å². The first-order chi connectivity index (χ1) is 12.7. The first-order valence-corrected chi connectivity index (χ1v) is 8.36. The van der Waals surface area contributed by atoms with Crippen molar-refractivity contribution in [1.82, 2.24) is 9.78 Å². The second kappa shape index (κ2) is 6.55. The minimum Gasteiger partial charge on any atom is -0.497 e. The van der Waals surface area contributed by atoms with E-state index in [1.807, 2.05) is 54.7 Å². The maximum atomic E-state index is 12.4. The molecular weight excluding hydrogens is 330 g/mol. The van der Waals surface area contributed by atoms with Gasteiger partial charge in [0.25, 0.3) is 0 Å². The number of benzene rings is 2. The summed E-state index contributed by atoms with van der Waals surface area (Å²) in [5.41, 5.74) is 2.81. The van der Waals surface area contributed by atoms with Crippen LogP contribution >= 0.6 is 0 Å². The number of nitrogens with zero attached hydrogens (tertiary/aromatic N) is 2. The van der Waals surface area contributed by atoms with Gasteiger partial charge in [-0.25, -0.2) is 4.68 Å². The Labute approximate surface area is 151 Å². The van der Waals surface area contributed by atoms with Gasteiger partial charge in [-0.2, -0.15) is 5.10 Å². The fraction of sp³-hybridized carbons (Fsp3) is 0.200. The lowest BCUT2D eigenvalue weighted by Crippen LogP contribution is -2.24. The standard InChI is InChI=1S/C20H19N3O3/c1-25-14-8-9-15(18(10-14)26-2)16-11-19(24)22-20-17(16)12-21-23(20)13-6-4-3-5-7-13/h3-10,12,16H,11H2,1-2H3,(H,22,24)/t16-/m1/s1. The van der Waals surface area contributed by atoms with Gasteiger partial charge < -0.3 is 14.8 Å². The van der Waals surface area contributed by atoms with Gasteiger partial charge in [-0.05, 0) is 18.2 Å². The summed E-state index contributed by atoms with van der Waals surface area (Å²) in [6.45, 7) is 0. The SMILES string of the molecule is COc1ccc([C@H]2CC(=O)Nc3c2cnn3-c2ccccc2)c(OC)c1. The van der Waals surface area contributed by atoms with Gasteiger partial charge in [0.1, 0.15) is 17.3 Å². The molecule has 1 N–H and O–H groups in total. The summed E-state index contributed by atoms with van der Waals surface area (Å²) in [4.78, 5) is 12.4. The van der Waals surface area contributed by atoms with Crippen molar-refractivity contribution < 1.29 is 14.3 Å². The molecule has 0 aliphatic carbocycles. The van der Waals surface area contributed by atoms with Crippen molar-refractivity contribution in [1.29, 1.82) is 0 Å². The van der Waals surface area contributed by atoms with Crippen LogP contribution in [0.4, 0.5) is 5.82 Å². The lowest BCUT2D eigenvalue weighted by atomic mass is 9.86. The monoisotopic (exact) mass is 349 g/mol. The normalized spacial score (nSPS) is 15.9. The van der Waals surface area contributed by atoms with E-state index in [4.69, 9.17) is 9.47 Å². The van der Waals surface area contributed by atoms with Gasteiger partial charge in [-0.1, -0.05) is 24.3 Å². The minimum atomic E-state index is -0.128. The van der Waals surface area contributed by atoms with Crippen LogP contribution < -0.4 is 14.8 Å². The maximum absolute atomic E-state index is 12.4. The topological polar surface area (TPSA) is 65.4 Å². The highest BCUT2D eigenvalue weighted by Gasteiger charge is 2.32. The highest BCUT2D eigenvalue weighted by molar-refractivity contribution is 5.94. The Morgan fingerprint density at radius 3 is 2.62 bits per heavy atom. The molecule has 1 aliphatic heterocycles. The first-order valence-electron chi connectivity index (χ1n) is 8.36. The van der Waals surface area contributed by atoms with Crippen molar-refractivity contribution in [3.63, 3.8) is 0 Å². The number of carbonyl (C=O) groups excluding carboxylic acids is 1. The summed E-state index contributed by atoms with van der Waals surface area (Å²) >= 11 is 0. The first kappa shape index (κ1) is 16.2. The van der Waals surface area contributed by atoms with E-state index in [-0.39, 0.29) is 11.8 Å². The summed E-state index contributed by atoms with van der Waals surface area (Å²) in [5, 5.41) is 7.47. The van der Waals surface area contributed by atoms with E-state index in [0.29, 0.717) is 23.7 Å². The Kier molecular flexibility index (Phi) is 4.08. The van der Waals surface area contributed by atoms with Crippen molar-refractivity contribution in [3.05, 3.63) is 65.9 Å². The molecule has 132 valence electrons. The summed E-state index contributed by atoms with van der Waals surface area (Å²) in [6.07, 6.45) is 2.16. The number of anilines is 1. The highest BCUT2D eigenvalue weighted by Crippen LogP contribution is 2.42. The van der Waals surface area contributed by atoms with Gasteiger partial charge >= 0.3 is 0 Å². The average molecular weight is 349 g/mol. The van der Waals surface area contributed by atoms with Crippen LogP contribution in [-0.2, 0) is 4.79 Å². The van der Waals surface area contributed by atoms with Crippen molar-refractivity contribution in [3.8, 4) is 17.2 Å². The van der Waals surface area contributed by atoms with E-state index >= 15 is 0 Å². The molecule has 2 heterocycles. The number of hydrogen-bond acceptors (Lipinski definition) is 4. The van der Waals surface area contributed by atoms with E-state index in [0.717, 1.165) is 16.8 Å². The molecule has 6 heteroatoms. The van der Waals surface area contributed by atoms with Crippen LogP contribution in [0.5, 0.6) is 11.5 Å². The summed E-state index contributed by atoms with van der Waals surface area (Å²) in [7, 11) is 3.24. The minimum absolute atomic E-state index is 0.0435. The molecule has 3 aromatic rings. The summed E-state index contributed by atoms with van der Waals surface area (Å²) in [5.74, 6) is 1.94. The van der Waals surface area contributed by atoms with Gasteiger partial charge in [0.2, 0.25) is 5.91 Å². The van der Waals surface area contributed by atoms with Crippen LogP contribution in [-0.4, -0.2) is 29.9 Å². The second-order valence-electron chi connectivity index (χ2n) is 6.11. The van der Waals surface area contributed by atoms with E-state index in [1.165, 1.54) is 0 Å². The molecule has 26 heavy (non-hydrogen) atoms. The Hall–Kier alpha value is -3.28. The van der Waals surface area contributed by atoms with Crippen molar-refractivity contribution in [2.75, 3.05) is 19.5 Å². The highest BCUT2D eigenvalue weighted by atomic mass is 16.5. The van der Waals surface area contributed by atoms with Crippen LogP contribution in [0.3, 0.4) is 0 Å². The Morgan fingerprint density at radius 2 is 1.88 bits per heavy atom. The zero-order valence-electron chi connectivity index (χ0n) is 14.6. The number of nitrogens with one attached hydrogen (secondary N) is 1. The number of hydrogen-bond donors (Lipinski definition) is 1. The molecule has 0 radical (unpaired) electrons. The predicted octanol–water partition coefficient (Wildman–Crippen LogP) is 3.36. The molecule has 0 spiro atoms. The second-order valence-corrected chi connectivity index (χ2v) is 6.11. The molecule has 0 saturated heterocycles. The molecule has 2 aromatic carbocycles. The van der Waals surface area contributed by atoms with E-state index in [1.54, 1.807) is 18.9 Å². The molecule has 1 aliphatic rings. The van der Waals surface area contributed by atoms with E-state index in [9.17, 15) is 4.79 Å². The van der Waals surface area contributed by atoms with E-state index < -0.39 is 0 Å². The largest absolute Gasteiger partial charge is 0.497 e. The van der Waals surface area contributed by atoms with Gasteiger partial charge in [-0.3, -0.25) is 4.79 Å². The summed E-state index contributed by atoms with van der Waals surface area (Å²) < 4.78 is 12.6. The molecule has 0 fully saturated rings. The third kappa shape index (κ3) is 2.69. The number of para-hydroxylation sites is 1. The third-order valence-electron chi connectivity index (χ3n) is 4.64. The molecule has 0 unspecified atom stereocenters. The zero-order valence-corrected chi connectivity index (χ0v) is 14.6. The van der Waals surface area contributed by atoms with Crippen LogP contribution in [0, 0.1) is 0 Å². The van der Waals surface area contributed by atoms with Crippen molar-refractivity contribution in [2.24, 2.45) is 0 Å². The van der Waals surface area contributed by atoms with E-state index in [2.05, 4.69) is 10.4 Å². The smallest absolute Gasteiger partial charge is 0.226 e. The quantitative estimate of drug-likeness (QED) is 0.784. The molecular formula is C20H19N3O3. The summed E-state index contributed by atoms with van der Waals surface area (Å²) in [6, 6.07) is 15.4. The predicted molar refractivity (Wildman–Crippen MR) is 98.2 cm³/mol. The molecule has 4 rings (SSSR count). The number of fused-ring (bicyclic) bond motifs is 1. The molecule has 1 atom stereocenters. The van der Waals surface area contributed by atoms with Gasteiger partial charge in [0, 0.05) is 29.5 Å².